The van der Waals surface area contributed by atoms with Gasteiger partial charge in [-0.2, -0.15) is 0 Å². The van der Waals surface area contributed by atoms with Crippen LogP contribution in [0, 0.1) is 6.92 Å². The van der Waals surface area contributed by atoms with E-state index in [0.717, 1.165) is 37.1 Å². The second kappa shape index (κ2) is 12.2. The number of hydrogen-bond donors (Lipinski definition) is 4. The molecule has 0 aromatic heterocycles. The number of piperidine rings is 2. The molecule has 2 heterocycles. The standard InChI is InChI=1S/C15H21NO.C13H17NO2.BrH.ClH/c1-10-5-6-11-12-4-3-9-16-14(12)8-7-13(11)15(10)17-2;15-12-6-4-8-9-2-1-7-14-11(9)5-3-10(8)13(12)16;;/h5-6,12,14,16H,3-4,7-9H2,1-2H3;4,6,9,11,14-16H,1-3,5,7H2;2*1H/t12-,14+;9-,11+;;/m00../s1. The molecule has 2 saturated heterocycles. The average Bonchev–Trinajstić information content (AvgIpc) is 2.86. The Morgan fingerprint density at radius 3 is 1.94 bits per heavy atom. The highest BCUT2D eigenvalue weighted by Crippen LogP contribution is 2.44. The number of nitrogens with one attached hydrogen (secondary N) is 2. The second-order valence-corrected chi connectivity index (χ2v) is 10.2. The van der Waals surface area contributed by atoms with Gasteiger partial charge < -0.3 is 25.6 Å². The van der Waals surface area contributed by atoms with Crippen LogP contribution in [-0.2, 0) is 12.8 Å². The van der Waals surface area contributed by atoms with E-state index in [2.05, 4.69) is 29.7 Å². The number of benzene rings is 2. The summed E-state index contributed by atoms with van der Waals surface area (Å²) in [7, 11) is 1.80. The van der Waals surface area contributed by atoms with Gasteiger partial charge in [0, 0.05) is 17.6 Å². The molecule has 2 aliphatic carbocycles. The van der Waals surface area contributed by atoms with E-state index in [-0.39, 0.29) is 40.9 Å². The number of fused-ring (bicyclic) bond motifs is 6. The number of aryl methyl sites for hydroxylation is 1. The van der Waals surface area contributed by atoms with Crippen LogP contribution in [-0.4, -0.2) is 42.5 Å². The van der Waals surface area contributed by atoms with Crippen LogP contribution in [0.1, 0.15) is 78.2 Å². The molecule has 0 radical (unpaired) electrons. The Hall–Kier alpha value is -1.47. The molecule has 2 aromatic carbocycles. The molecule has 4 atom stereocenters. The maximum atomic E-state index is 9.86. The van der Waals surface area contributed by atoms with Crippen LogP contribution in [0.2, 0.25) is 0 Å². The van der Waals surface area contributed by atoms with E-state index < -0.39 is 0 Å². The Balaban J connectivity index is 0.000000185. The third kappa shape index (κ3) is 5.46. The smallest absolute Gasteiger partial charge is 0.160 e. The maximum Gasteiger partial charge on any atom is 0.160 e. The molecule has 4 aliphatic rings. The normalized spacial score (nSPS) is 26.1. The summed E-state index contributed by atoms with van der Waals surface area (Å²) in [5.74, 6) is 2.47. The number of halogens is 2. The van der Waals surface area contributed by atoms with Crippen LogP contribution in [0.25, 0.3) is 0 Å². The van der Waals surface area contributed by atoms with Crippen molar-refractivity contribution in [3.63, 3.8) is 0 Å². The number of ether oxygens (including phenoxy) is 1. The highest BCUT2D eigenvalue weighted by molar-refractivity contribution is 8.93. The zero-order valence-electron chi connectivity index (χ0n) is 20.8. The van der Waals surface area contributed by atoms with Gasteiger partial charge in [-0.1, -0.05) is 18.2 Å². The number of phenolic OH excluding ortho intramolecular Hbond substituents is 2. The summed E-state index contributed by atoms with van der Waals surface area (Å²) in [6.45, 7) is 4.45. The van der Waals surface area contributed by atoms with Crippen LogP contribution >= 0.6 is 29.4 Å². The molecule has 0 spiro atoms. The zero-order chi connectivity index (χ0) is 22.9. The molecule has 0 bridgehead atoms. The molecule has 35 heavy (non-hydrogen) atoms. The summed E-state index contributed by atoms with van der Waals surface area (Å²) in [5.41, 5.74) is 6.48. The Morgan fingerprint density at radius 2 is 1.34 bits per heavy atom. The third-order valence-corrected chi connectivity index (χ3v) is 8.37. The van der Waals surface area contributed by atoms with Gasteiger partial charge in [0.15, 0.2) is 11.5 Å². The van der Waals surface area contributed by atoms with Crippen molar-refractivity contribution in [1.82, 2.24) is 10.6 Å². The molecule has 0 amide bonds. The molecule has 2 fully saturated rings. The zero-order valence-corrected chi connectivity index (χ0v) is 23.3. The second-order valence-electron chi connectivity index (χ2n) is 10.2. The summed E-state index contributed by atoms with van der Waals surface area (Å²) >= 11 is 0. The Labute approximate surface area is 226 Å². The molecular formula is C28H40BrClN2O3. The first-order valence-corrected chi connectivity index (χ1v) is 12.7. The predicted molar refractivity (Wildman–Crippen MR) is 149 cm³/mol. The lowest BCUT2D eigenvalue weighted by atomic mass is 9.74. The Bertz CT molecular complexity index is 1020. The number of methoxy groups -OCH3 is 1. The summed E-state index contributed by atoms with van der Waals surface area (Å²) in [4.78, 5) is 0. The van der Waals surface area contributed by atoms with Gasteiger partial charge in [-0.3, -0.25) is 0 Å². The highest BCUT2D eigenvalue weighted by atomic mass is 79.9. The van der Waals surface area contributed by atoms with Crippen LogP contribution in [0.3, 0.4) is 0 Å². The summed E-state index contributed by atoms with van der Waals surface area (Å²) in [6.07, 6.45) is 9.37. The maximum absolute atomic E-state index is 9.86. The fourth-order valence-corrected chi connectivity index (χ4v) is 6.76. The molecule has 2 aliphatic heterocycles. The summed E-state index contributed by atoms with van der Waals surface area (Å²) in [5, 5.41) is 26.6. The summed E-state index contributed by atoms with van der Waals surface area (Å²) in [6, 6.07) is 9.40. The van der Waals surface area contributed by atoms with Crippen molar-refractivity contribution in [2.75, 3.05) is 20.2 Å². The van der Waals surface area contributed by atoms with E-state index in [1.165, 1.54) is 60.9 Å². The van der Waals surface area contributed by atoms with Gasteiger partial charge >= 0.3 is 0 Å². The highest BCUT2D eigenvalue weighted by Gasteiger charge is 2.34. The van der Waals surface area contributed by atoms with Crippen LogP contribution in [0.15, 0.2) is 24.3 Å². The van der Waals surface area contributed by atoms with Gasteiger partial charge in [0.2, 0.25) is 0 Å². The molecule has 2 aromatic rings. The van der Waals surface area contributed by atoms with Gasteiger partial charge in [-0.05, 0) is 112 Å². The molecule has 0 saturated carbocycles. The van der Waals surface area contributed by atoms with Crippen molar-refractivity contribution >= 4 is 29.4 Å². The lowest BCUT2D eigenvalue weighted by Crippen LogP contribution is -2.42. The van der Waals surface area contributed by atoms with Gasteiger partial charge in [-0.25, -0.2) is 0 Å². The van der Waals surface area contributed by atoms with E-state index in [9.17, 15) is 10.2 Å². The molecule has 194 valence electrons. The Morgan fingerprint density at radius 1 is 0.800 bits per heavy atom. The fourth-order valence-electron chi connectivity index (χ4n) is 6.76. The molecule has 0 unspecified atom stereocenters. The molecule has 4 N–H and O–H groups in total. The SMILES string of the molecule is Br.COc1c(C)ccc2c1CC[C@H]1NCCC[C@@H]21.Cl.Oc1ccc2c(c1O)CC[C@H]1NCCC[C@@H]21. The van der Waals surface area contributed by atoms with E-state index in [0.29, 0.717) is 23.9 Å². The van der Waals surface area contributed by atoms with Crippen molar-refractivity contribution in [2.45, 2.75) is 82.2 Å². The minimum Gasteiger partial charge on any atom is -0.504 e. The summed E-state index contributed by atoms with van der Waals surface area (Å²) < 4.78 is 5.60. The molecular weight excluding hydrogens is 528 g/mol. The minimum absolute atomic E-state index is 0. The van der Waals surface area contributed by atoms with Gasteiger partial charge in [0.25, 0.3) is 0 Å². The Kier molecular flexibility index (Phi) is 9.78. The van der Waals surface area contributed by atoms with Crippen molar-refractivity contribution in [1.29, 1.82) is 0 Å². The average molecular weight is 568 g/mol. The van der Waals surface area contributed by atoms with Crippen LogP contribution in [0.5, 0.6) is 17.2 Å². The predicted octanol–water partition coefficient (Wildman–Crippen LogP) is 5.66. The van der Waals surface area contributed by atoms with Crippen LogP contribution in [0.4, 0.5) is 0 Å². The van der Waals surface area contributed by atoms with Crippen molar-refractivity contribution in [3.8, 4) is 17.2 Å². The van der Waals surface area contributed by atoms with Gasteiger partial charge in [0.1, 0.15) is 5.75 Å². The molecule has 5 nitrogen and oxygen atoms in total. The first-order valence-electron chi connectivity index (χ1n) is 12.7. The van der Waals surface area contributed by atoms with E-state index in [1.807, 2.05) is 6.07 Å². The minimum atomic E-state index is 0. The van der Waals surface area contributed by atoms with Crippen LogP contribution < -0.4 is 15.4 Å². The largest absolute Gasteiger partial charge is 0.504 e. The lowest BCUT2D eigenvalue weighted by Gasteiger charge is -2.38. The van der Waals surface area contributed by atoms with Crippen molar-refractivity contribution in [3.05, 3.63) is 52.1 Å². The van der Waals surface area contributed by atoms with Gasteiger partial charge in [-0.15, -0.1) is 29.4 Å². The van der Waals surface area contributed by atoms with Crippen molar-refractivity contribution in [2.24, 2.45) is 0 Å². The first kappa shape index (κ1) is 28.1. The third-order valence-electron chi connectivity index (χ3n) is 8.37. The lowest BCUT2D eigenvalue weighted by molar-refractivity contribution is 0.312. The number of hydrogen-bond acceptors (Lipinski definition) is 5. The van der Waals surface area contributed by atoms with E-state index >= 15 is 0 Å². The molecule has 7 heteroatoms. The number of phenols is 2. The van der Waals surface area contributed by atoms with Gasteiger partial charge in [0.05, 0.1) is 7.11 Å². The molecule has 6 rings (SSSR count). The van der Waals surface area contributed by atoms with E-state index in [4.69, 9.17) is 4.74 Å². The monoisotopic (exact) mass is 566 g/mol. The van der Waals surface area contributed by atoms with Crippen molar-refractivity contribution < 1.29 is 14.9 Å². The topological polar surface area (TPSA) is 73.8 Å². The first-order chi connectivity index (χ1) is 16.1. The number of rotatable bonds is 1. The fraction of sp³-hybridized carbons (Fsp3) is 0.571. The quantitative estimate of drug-likeness (QED) is 0.335. The van der Waals surface area contributed by atoms with E-state index in [1.54, 1.807) is 13.2 Å². The number of aromatic hydroxyl groups is 2.